The Morgan fingerprint density at radius 3 is 2.50 bits per heavy atom. The maximum atomic E-state index is 10.2. The molecule has 0 bridgehead atoms. The van der Waals surface area contributed by atoms with E-state index in [1.807, 2.05) is 0 Å². The van der Waals surface area contributed by atoms with Gasteiger partial charge in [-0.2, -0.15) is 0 Å². The third kappa shape index (κ3) is 4.03. The Hall–Kier alpha value is 0.616. The summed E-state index contributed by atoms with van der Waals surface area (Å²) in [5.74, 6) is -1.11. The summed E-state index contributed by atoms with van der Waals surface area (Å²) < 4.78 is 0. The first kappa shape index (κ1) is 12.6. The van der Waals surface area contributed by atoms with Gasteiger partial charge in [0.15, 0.2) is 0 Å². The summed E-state index contributed by atoms with van der Waals surface area (Å²) in [6, 6.07) is 6.81. The summed E-state index contributed by atoms with van der Waals surface area (Å²) >= 11 is 5.68. The summed E-state index contributed by atoms with van der Waals surface area (Å²) in [4.78, 5) is 10.2. The summed E-state index contributed by atoms with van der Waals surface area (Å²) in [6.07, 6.45) is -0.125. The predicted molar refractivity (Wildman–Crippen MR) is 40.2 cm³/mol. The van der Waals surface area contributed by atoms with Crippen molar-refractivity contribution in [1.29, 1.82) is 0 Å². The monoisotopic (exact) mass is 208 g/mol. The number of halogens is 1. The molecule has 0 aromatic heterocycles. The third-order valence-corrected chi connectivity index (χ3v) is 1.66. The Bertz CT molecular complexity index is 276. The van der Waals surface area contributed by atoms with Crippen LogP contribution in [0.4, 0.5) is 0 Å². The van der Waals surface area contributed by atoms with Crippen LogP contribution in [0.25, 0.3) is 0 Å². The molecule has 1 aromatic carbocycles. The molecule has 12 heavy (non-hydrogen) atoms. The van der Waals surface area contributed by atoms with E-state index in [2.05, 4.69) is 0 Å². The zero-order chi connectivity index (χ0) is 8.27. The topological polar surface area (TPSA) is 40.1 Å². The average molecular weight is 209 g/mol. The van der Waals surface area contributed by atoms with Crippen LogP contribution in [0.5, 0.6) is 0 Å². The molecule has 0 spiro atoms. The zero-order valence-corrected chi connectivity index (χ0v) is 10.6. The van der Waals surface area contributed by atoms with Crippen molar-refractivity contribution in [3.05, 3.63) is 34.9 Å². The van der Waals surface area contributed by atoms with E-state index < -0.39 is 5.97 Å². The Kier molecular flexibility index (Phi) is 6.44. The Morgan fingerprint density at radius 1 is 1.42 bits per heavy atom. The quantitative estimate of drug-likeness (QED) is 0.510. The fraction of sp³-hybridized carbons (Fsp3) is 0.125. The van der Waals surface area contributed by atoms with Gasteiger partial charge in [-0.05, 0) is 11.6 Å². The first-order valence-corrected chi connectivity index (χ1v) is 3.51. The maximum absolute atomic E-state index is 10.2. The third-order valence-electron chi connectivity index (χ3n) is 1.29. The smallest absolute Gasteiger partial charge is 0.550 e. The van der Waals surface area contributed by atoms with Gasteiger partial charge in [0.25, 0.3) is 0 Å². The Morgan fingerprint density at radius 2 is 2.00 bits per heavy atom. The van der Waals surface area contributed by atoms with E-state index in [0.717, 1.165) is 0 Å². The van der Waals surface area contributed by atoms with Gasteiger partial charge >= 0.3 is 51.4 Å². The first-order valence-electron chi connectivity index (χ1n) is 3.13. The molecule has 0 amide bonds. The van der Waals surface area contributed by atoms with Crippen LogP contribution in [-0.2, 0) is 11.2 Å². The number of carbonyl (C=O) groups excluding carboxylic acids is 1. The van der Waals surface area contributed by atoms with E-state index in [1.54, 1.807) is 24.3 Å². The van der Waals surface area contributed by atoms with Crippen LogP contribution >= 0.6 is 11.6 Å². The number of benzene rings is 1. The summed E-state index contributed by atoms with van der Waals surface area (Å²) in [5, 5.41) is 10.6. The zero-order valence-electron chi connectivity index (χ0n) is 6.71. The molecule has 2 nitrogen and oxygen atoms in total. The molecule has 0 radical (unpaired) electrons. The molecule has 0 heterocycles. The molecule has 0 saturated heterocycles. The SMILES string of the molecule is O=C([O-])Cc1ccccc1Cl.[K+]. The molecule has 0 unspecified atom stereocenters. The Balaban J connectivity index is 0.00000121. The van der Waals surface area contributed by atoms with Crippen molar-refractivity contribution in [2.75, 3.05) is 0 Å². The minimum absolute atomic E-state index is 0. The molecule has 0 aliphatic rings. The number of hydrogen-bond donors (Lipinski definition) is 0. The van der Waals surface area contributed by atoms with Crippen molar-refractivity contribution in [1.82, 2.24) is 0 Å². The Labute approximate surface area is 118 Å². The maximum Gasteiger partial charge on any atom is 1.00 e. The first-order chi connectivity index (χ1) is 5.20. The second-order valence-corrected chi connectivity index (χ2v) is 2.55. The van der Waals surface area contributed by atoms with Gasteiger partial charge in [0.1, 0.15) is 0 Å². The average Bonchev–Trinajstić information content (AvgIpc) is 1.93. The molecule has 0 atom stereocenters. The second-order valence-electron chi connectivity index (χ2n) is 2.14. The minimum atomic E-state index is -1.11. The van der Waals surface area contributed by atoms with Crippen LogP contribution in [0.3, 0.4) is 0 Å². The normalized spacial score (nSPS) is 8.75. The minimum Gasteiger partial charge on any atom is -0.550 e. The largest absolute Gasteiger partial charge is 1.00 e. The number of carboxylic acids is 1. The predicted octanol–water partition coefficient (Wildman–Crippen LogP) is -2.36. The molecular formula is C8H6ClKO2. The molecule has 0 N–H and O–H groups in total. The molecule has 0 saturated carbocycles. The van der Waals surface area contributed by atoms with Gasteiger partial charge in [-0.25, -0.2) is 0 Å². The van der Waals surface area contributed by atoms with Crippen LogP contribution in [-0.4, -0.2) is 5.97 Å². The van der Waals surface area contributed by atoms with Crippen LogP contribution in [0.15, 0.2) is 24.3 Å². The summed E-state index contributed by atoms with van der Waals surface area (Å²) in [7, 11) is 0. The van der Waals surface area contributed by atoms with Crippen LogP contribution in [0, 0.1) is 0 Å². The van der Waals surface area contributed by atoms with Crippen LogP contribution in [0.1, 0.15) is 5.56 Å². The van der Waals surface area contributed by atoms with Gasteiger partial charge < -0.3 is 9.90 Å². The number of aliphatic carboxylic acids is 1. The number of hydrogen-bond acceptors (Lipinski definition) is 2. The van der Waals surface area contributed by atoms with E-state index in [0.29, 0.717) is 10.6 Å². The van der Waals surface area contributed by atoms with Crippen LogP contribution < -0.4 is 56.5 Å². The van der Waals surface area contributed by atoms with Crippen molar-refractivity contribution in [3.63, 3.8) is 0 Å². The molecular weight excluding hydrogens is 203 g/mol. The number of carboxylic acid groups (broad SMARTS) is 1. The molecule has 58 valence electrons. The molecule has 0 aliphatic carbocycles. The second kappa shape index (κ2) is 6.13. The van der Waals surface area contributed by atoms with E-state index in [1.165, 1.54) is 0 Å². The number of carbonyl (C=O) groups is 1. The molecule has 4 heteroatoms. The fourth-order valence-electron chi connectivity index (χ4n) is 0.797. The van der Waals surface area contributed by atoms with Gasteiger partial charge in [-0.15, -0.1) is 0 Å². The summed E-state index contributed by atoms with van der Waals surface area (Å²) in [6.45, 7) is 0. The molecule has 1 aromatic rings. The van der Waals surface area contributed by atoms with E-state index in [9.17, 15) is 9.90 Å². The van der Waals surface area contributed by atoms with E-state index in [-0.39, 0.29) is 57.8 Å². The van der Waals surface area contributed by atoms with Gasteiger partial charge in [0.05, 0.1) is 0 Å². The van der Waals surface area contributed by atoms with Crippen LogP contribution in [0.2, 0.25) is 5.02 Å². The molecule has 0 fully saturated rings. The van der Waals surface area contributed by atoms with Gasteiger partial charge in [0, 0.05) is 17.4 Å². The van der Waals surface area contributed by atoms with Gasteiger partial charge in [-0.3, -0.25) is 0 Å². The van der Waals surface area contributed by atoms with Gasteiger partial charge in [0.2, 0.25) is 0 Å². The van der Waals surface area contributed by atoms with E-state index >= 15 is 0 Å². The van der Waals surface area contributed by atoms with Crippen molar-refractivity contribution < 1.29 is 61.3 Å². The summed E-state index contributed by atoms with van der Waals surface area (Å²) in [5.41, 5.74) is 0.592. The van der Waals surface area contributed by atoms with Crippen molar-refractivity contribution in [3.8, 4) is 0 Å². The van der Waals surface area contributed by atoms with Crippen molar-refractivity contribution in [2.45, 2.75) is 6.42 Å². The van der Waals surface area contributed by atoms with Gasteiger partial charge in [-0.1, -0.05) is 29.8 Å². The van der Waals surface area contributed by atoms with E-state index in [4.69, 9.17) is 11.6 Å². The number of rotatable bonds is 2. The van der Waals surface area contributed by atoms with Crippen molar-refractivity contribution in [2.24, 2.45) is 0 Å². The standard InChI is InChI=1S/C8H7ClO2.K/c9-7-4-2-1-3-6(7)5-8(10)11;/h1-4H,5H2,(H,10,11);/q;+1/p-1. The molecule has 0 aliphatic heterocycles. The molecule has 1 rings (SSSR count). The van der Waals surface area contributed by atoms with Crippen molar-refractivity contribution >= 4 is 17.6 Å². The fourth-order valence-corrected chi connectivity index (χ4v) is 1.000.